The van der Waals surface area contributed by atoms with Crippen LogP contribution in [0.4, 0.5) is 4.79 Å². The molecule has 4 nitrogen and oxygen atoms in total. The van der Waals surface area contributed by atoms with Crippen LogP contribution in [-0.4, -0.2) is 25.2 Å². The van der Waals surface area contributed by atoms with Crippen LogP contribution in [0.25, 0.3) is 0 Å². The number of carbonyl (C=O) groups excluding carboxylic acids is 1. The molecule has 14 heavy (non-hydrogen) atoms. The molecule has 0 bridgehead atoms. The largest absolute Gasteiger partial charge is 0.352 e. The summed E-state index contributed by atoms with van der Waals surface area (Å²) >= 11 is 0. The molecule has 1 rings (SSSR count). The van der Waals surface area contributed by atoms with E-state index in [1.165, 1.54) is 25.7 Å². The van der Waals surface area contributed by atoms with E-state index in [2.05, 4.69) is 17.6 Å². The first-order chi connectivity index (χ1) is 6.70. The molecule has 82 valence electrons. The number of nitrogens with one attached hydrogen (secondary N) is 2. The molecular weight excluding hydrogens is 178 g/mol. The Balaban J connectivity index is 2.07. The Morgan fingerprint density at radius 2 is 2.07 bits per heavy atom. The van der Waals surface area contributed by atoms with E-state index in [-0.39, 0.29) is 0 Å². The van der Waals surface area contributed by atoms with Crippen LogP contribution in [0.15, 0.2) is 0 Å². The molecule has 2 unspecified atom stereocenters. The third kappa shape index (κ3) is 3.96. The van der Waals surface area contributed by atoms with Gasteiger partial charge in [-0.3, -0.25) is 0 Å². The average Bonchev–Trinajstić information content (AvgIpc) is 2.15. The minimum Gasteiger partial charge on any atom is -0.352 e. The minimum absolute atomic E-state index is 0.441. The fourth-order valence-corrected chi connectivity index (χ4v) is 2.06. The molecule has 4 heteroatoms. The highest BCUT2D eigenvalue weighted by molar-refractivity contribution is 5.71. The third-order valence-electron chi connectivity index (χ3n) is 2.94. The van der Waals surface area contributed by atoms with Gasteiger partial charge in [0.05, 0.1) is 0 Å². The molecule has 1 saturated carbocycles. The van der Waals surface area contributed by atoms with Gasteiger partial charge in [-0.1, -0.05) is 19.8 Å². The summed E-state index contributed by atoms with van der Waals surface area (Å²) in [6, 6.07) is 0.182. The van der Waals surface area contributed by atoms with E-state index in [0.29, 0.717) is 12.6 Å². The van der Waals surface area contributed by atoms with Crippen LogP contribution in [0.3, 0.4) is 0 Å². The Morgan fingerprint density at radius 3 is 2.71 bits per heavy atom. The molecule has 2 amide bonds. The average molecular weight is 199 g/mol. The summed E-state index contributed by atoms with van der Waals surface area (Å²) < 4.78 is 0. The molecule has 1 aliphatic rings. The molecule has 1 aliphatic carbocycles. The minimum atomic E-state index is -0.441. The van der Waals surface area contributed by atoms with E-state index in [9.17, 15) is 4.79 Å². The van der Waals surface area contributed by atoms with Gasteiger partial charge in [0.2, 0.25) is 0 Å². The van der Waals surface area contributed by atoms with Gasteiger partial charge in [0.25, 0.3) is 0 Å². The van der Waals surface area contributed by atoms with Crippen molar-refractivity contribution >= 4 is 6.03 Å². The standard InChI is InChI=1S/C10H21N3O/c1-8-4-2-3-5-9(8)12-6-7-13-10(11)14/h8-9,12H,2-7H2,1H3,(H3,11,13,14). The van der Waals surface area contributed by atoms with Gasteiger partial charge in [0, 0.05) is 19.1 Å². The van der Waals surface area contributed by atoms with Crippen LogP contribution < -0.4 is 16.4 Å². The summed E-state index contributed by atoms with van der Waals surface area (Å²) in [6.07, 6.45) is 5.27. The summed E-state index contributed by atoms with van der Waals surface area (Å²) in [5.41, 5.74) is 4.96. The van der Waals surface area contributed by atoms with Crippen LogP contribution in [-0.2, 0) is 0 Å². The van der Waals surface area contributed by atoms with Gasteiger partial charge in [-0.25, -0.2) is 4.79 Å². The molecule has 0 spiro atoms. The maximum Gasteiger partial charge on any atom is 0.312 e. The van der Waals surface area contributed by atoms with Gasteiger partial charge in [0.15, 0.2) is 0 Å². The van der Waals surface area contributed by atoms with Crippen molar-refractivity contribution in [2.75, 3.05) is 13.1 Å². The summed E-state index contributed by atoms with van der Waals surface area (Å²) in [4.78, 5) is 10.4. The smallest absolute Gasteiger partial charge is 0.312 e. The normalized spacial score (nSPS) is 27.2. The Morgan fingerprint density at radius 1 is 1.36 bits per heavy atom. The Bertz CT molecular complexity index is 184. The van der Waals surface area contributed by atoms with Crippen molar-refractivity contribution in [1.29, 1.82) is 0 Å². The topological polar surface area (TPSA) is 67.2 Å². The van der Waals surface area contributed by atoms with Gasteiger partial charge in [-0.2, -0.15) is 0 Å². The van der Waals surface area contributed by atoms with Crippen LogP contribution in [0.1, 0.15) is 32.6 Å². The zero-order valence-electron chi connectivity index (χ0n) is 8.88. The lowest BCUT2D eigenvalue weighted by molar-refractivity contribution is 0.247. The fourth-order valence-electron chi connectivity index (χ4n) is 2.06. The maximum atomic E-state index is 10.4. The van der Waals surface area contributed by atoms with E-state index in [1.54, 1.807) is 0 Å². The van der Waals surface area contributed by atoms with Crippen molar-refractivity contribution in [2.24, 2.45) is 11.7 Å². The Hall–Kier alpha value is -0.770. The molecule has 0 radical (unpaired) electrons. The summed E-state index contributed by atoms with van der Waals surface area (Å²) in [7, 11) is 0. The maximum absolute atomic E-state index is 10.4. The number of rotatable bonds is 4. The number of nitrogens with two attached hydrogens (primary N) is 1. The molecule has 0 aromatic heterocycles. The highest BCUT2D eigenvalue weighted by atomic mass is 16.2. The second-order valence-electron chi connectivity index (χ2n) is 4.11. The molecular formula is C10H21N3O. The predicted octanol–water partition coefficient (Wildman–Crippen LogP) is 0.823. The number of urea groups is 1. The second-order valence-corrected chi connectivity index (χ2v) is 4.11. The molecule has 0 aliphatic heterocycles. The lowest BCUT2D eigenvalue weighted by Gasteiger charge is -2.29. The number of hydrogen-bond acceptors (Lipinski definition) is 2. The first-order valence-electron chi connectivity index (χ1n) is 5.47. The number of carbonyl (C=O) groups is 1. The molecule has 0 saturated heterocycles. The van der Waals surface area contributed by atoms with Crippen molar-refractivity contribution < 1.29 is 4.79 Å². The van der Waals surface area contributed by atoms with E-state index >= 15 is 0 Å². The second kappa shape index (κ2) is 5.86. The first kappa shape index (κ1) is 11.3. The van der Waals surface area contributed by atoms with E-state index < -0.39 is 6.03 Å². The number of primary amides is 1. The number of hydrogen-bond donors (Lipinski definition) is 3. The molecule has 2 atom stereocenters. The van der Waals surface area contributed by atoms with Crippen molar-refractivity contribution in [2.45, 2.75) is 38.6 Å². The summed E-state index contributed by atoms with van der Waals surface area (Å²) in [5.74, 6) is 0.761. The summed E-state index contributed by atoms with van der Waals surface area (Å²) in [6.45, 7) is 3.73. The molecule has 1 fully saturated rings. The highest BCUT2D eigenvalue weighted by Gasteiger charge is 2.19. The lowest BCUT2D eigenvalue weighted by Crippen LogP contribution is -2.42. The Kier molecular flexibility index (Phi) is 4.73. The molecule has 0 heterocycles. The van der Waals surface area contributed by atoms with Gasteiger partial charge in [-0.05, 0) is 18.8 Å². The Labute approximate surface area is 85.6 Å². The highest BCUT2D eigenvalue weighted by Crippen LogP contribution is 2.23. The molecule has 4 N–H and O–H groups in total. The van der Waals surface area contributed by atoms with Gasteiger partial charge >= 0.3 is 6.03 Å². The van der Waals surface area contributed by atoms with Crippen molar-refractivity contribution in [3.63, 3.8) is 0 Å². The SMILES string of the molecule is CC1CCCCC1NCCNC(N)=O. The van der Waals surface area contributed by atoms with Crippen molar-refractivity contribution in [1.82, 2.24) is 10.6 Å². The van der Waals surface area contributed by atoms with E-state index in [4.69, 9.17) is 5.73 Å². The van der Waals surface area contributed by atoms with Crippen molar-refractivity contribution in [3.8, 4) is 0 Å². The zero-order chi connectivity index (χ0) is 10.4. The summed E-state index contributed by atoms with van der Waals surface area (Å²) in [5, 5.41) is 6.03. The lowest BCUT2D eigenvalue weighted by atomic mass is 9.86. The molecule has 0 aromatic carbocycles. The van der Waals surface area contributed by atoms with Gasteiger partial charge in [0.1, 0.15) is 0 Å². The van der Waals surface area contributed by atoms with Crippen LogP contribution in [0.2, 0.25) is 0 Å². The molecule has 0 aromatic rings. The van der Waals surface area contributed by atoms with Crippen molar-refractivity contribution in [3.05, 3.63) is 0 Å². The first-order valence-corrected chi connectivity index (χ1v) is 5.47. The van der Waals surface area contributed by atoms with Gasteiger partial charge in [-0.15, -0.1) is 0 Å². The van der Waals surface area contributed by atoms with Crippen LogP contribution in [0.5, 0.6) is 0 Å². The van der Waals surface area contributed by atoms with Crippen LogP contribution in [0, 0.1) is 5.92 Å². The predicted molar refractivity (Wildman–Crippen MR) is 57.0 cm³/mol. The van der Waals surface area contributed by atoms with E-state index in [1.807, 2.05) is 0 Å². The zero-order valence-corrected chi connectivity index (χ0v) is 8.88. The number of amides is 2. The van der Waals surface area contributed by atoms with Crippen LogP contribution >= 0.6 is 0 Å². The van der Waals surface area contributed by atoms with E-state index in [0.717, 1.165) is 12.5 Å². The van der Waals surface area contributed by atoms with Gasteiger partial charge < -0.3 is 16.4 Å². The third-order valence-corrected chi connectivity index (χ3v) is 2.94. The fraction of sp³-hybridized carbons (Fsp3) is 0.900. The monoisotopic (exact) mass is 199 g/mol. The quantitative estimate of drug-likeness (QED) is 0.587.